The van der Waals surface area contributed by atoms with E-state index in [0.29, 0.717) is 4.47 Å². The van der Waals surface area contributed by atoms with E-state index in [-0.39, 0.29) is 23.5 Å². The van der Waals surface area contributed by atoms with Gasteiger partial charge in [0.05, 0.1) is 0 Å². The van der Waals surface area contributed by atoms with E-state index in [0.717, 1.165) is 5.56 Å². The molecule has 0 bridgehead atoms. The van der Waals surface area contributed by atoms with Crippen molar-refractivity contribution in [2.45, 2.75) is 6.61 Å². The van der Waals surface area contributed by atoms with Crippen molar-refractivity contribution < 1.29 is 24.5 Å². The lowest BCUT2D eigenvalue weighted by Gasteiger charge is -2.16. The fourth-order valence-corrected chi connectivity index (χ4v) is 3.21. The maximum atomic E-state index is 12.2. The monoisotopic (exact) mass is 458 g/mol. The minimum Gasteiger partial charge on any atom is -0.488 e. The molecule has 0 radical (unpaired) electrons. The molecule has 0 saturated carbocycles. The lowest BCUT2D eigenvalue weighted by atomic mass is 9.94. The molecule has 0 saturated heterocycles. The Balaban J connectivity index is 2.24. The van der Waals surface area contributed by atoms with Crippen molar-refractivity contribution in [3.63, 3.8) is 0 Å². The first-order valence-electron chi connectivity index (χ1n) is 8.28. The number of rotatable bonds is 6. The van der Waals surface area contributed by atoms with Gasteiger partial charge in [-0.15, -0.1) is 0 Å². The summed E-state index contributed by atoms with van der Waals surface area (Å²) >= 11 is 3.31. The number of hydrogen-bond acceptors (Lipinski definition) is 5. The first kappa shape index (κ1) is 20.2. The Morgan fingerprint density at radius 2 is 1.69 bits per heavy atom. The number of benzene rings is 2. The van der Waals surface area contributed by atoms with Crippen molar-refractivity contribution in [2.75, 3.05) is 5.73 Å². The van der Waals surface area contributed by atoms with E-state index in [1.165, 1.54) is 6.07 Å². The number of aromatic nitrogens is 1. The van der Waals surface area contributed by atoms with Crippen LogP contribution in [0.15, 0.2) is 57.8 Å². The Bertz CT molecular complexity index is 1160. The molecule has 0 aliphatic carbocycles. The van der Waals surface area contributed by atoms with E-state index in [9.17, 15) is 24.6 Å². The number of pyridine rings is 1. The van der Waals surface area contributed by atoms with Gasteiger partial charge in [0.1, 0.15) is 29.3 Å². The van der Waals surface area contributed by atoms with Crippen molar-refractivity contribution in [2.24, 2.45) is 0 Å². The molecule has 1 heterocycles. The summed E-state index contributed by atoms with van der Waals surface area (Å²) in [5, 5.41) is 19.2. The summed E-state index contributed by atoms with van der Waals surface area (Å²) < 4.78 is 6.46. The third kappa shape index (κ3) is 4.14. The van der Waals surface area contributed by atoms with Gasteiger partial charge in [-0.2, -0.15) is 0 Å². The number of nitrogen functional groups attached to an aromatic ring is 1. The highest BCUT2D eigenvalue weighted by Crippen LogP contribution is 2.37. The van der Waals surface area contributed by atoms with Gasteiger partial charge in [-0.1, -0.05) is 46.3 Å². The molecule has 0 unspecified atom stereocenters. The summed E-state index contributed by atoms with van der Waals surface area (Å²) in [6, 6.07) is 13.8. The number of carboxylic acids is 2. The molecule has 0 aliphatic heterocycles. The number of aromatic carboxylic acids is 2. The molecule has 0 fully saturated rings. The first-order valence-corrected chi connectivity index (χ1v) is 9.08. The molecular weight excluding hydrogens is 444 g/mol. The Hall–Kier alpha value is -3.59. The van der Waals surface area contributed by atoms with Gasteiger partial charge in [0, 0.05) is 15.6 Å². The van der Waals surface area contributed by atoms with E-state index < -0.39 is 34.4 Å². The first-order chi connectivity index (χ1) is 13.8. The van der Waals surface area contributed by atoms with Crippen LogP contribution in [0.25, 0.3) is 11.1 Å². The van der Waals surface area contributed by atoms with Crippen LogP contribution in [0.2, 0.25) is 0 Å². The highest BCUT2D eigenvalue weighted by molar-refractivity contribution is 9.10. The number of carbonyl (C=O) groups is 2. The van der Waals surface area contributed by atoms with Crippen LogP contribution in [-0.2, 0) is 6.61 Å². The topological polar surface area (TPSA) is 143 Å². The van der Waals surface area contributed by atoms with Crippen LogP contribution in [-0.4, -0.2) is 27.1 Å². The van der Waals surface area contributed by atoms with Crippen LogP contribution in [0.4, 0.5) is 5.82 Å². The summed E-state index contributed by atoms with van der Waals surface area (Å²) in [7, 11) is 0. The predicted octanol–water partition coefficient (Wildman–Crippen LogP) is 3.36. The van der Waals surface area contributed by atoms with Gasteiger partial charge in [0.25, 0.3) is 5.56 Å². The number of ether oxygens (including phenoxy) is 1. The van der Waals surface area contributed by atoms with Crippen LogP contribution >= 0.6 is 15.9 Å². The number of aromatic amines is 1. The molecule has 3 aromatic rings. The zero-order chi connectivity index (χ0) is 21.1. The SMILES string of the molecule is Nc1[nH]c(=O)c(C(=O)O)c(-c2ccc(Br)cc2OCc2ccccc2)c1C(=O)O. The molecule has 0 aliphatic rings. The van der Waals surface area contributed by atoms with Crippen LogP contribution in [0, 0.1) is 0 Å². The smallest absolute Gasteiger partial charge is 0.342 e. The van der Waals surface area contributed by atoms with E-state index >= 15 is 0 Å². The Labute approximate surface area is 172 Å². The maximum absolute atomic E-state index is 12.2. The predicted molar refractivity (Wildman–Crippen MR) is 109 cm³/mol. The molecule has 8 nitrogen and oxygen atoms in total. The van der Waals surface area contributed by atoms with Crippen LogP contribution in [0.3, 0.4) is 0 Å². The number of anilines is 1. The molecule has 0 atom stereocenters. The van der Waals surface area contributed by atoms with Crippen molar-refractivity contribution in [3.8, 4) is 16.9 Å². The van der Waals surface area contributed by atoms with Gasteiger partial charge in [0.2, 0.25) is 0 Å². The molecular formula is C20H15BrN2O6. The molecule has 9 heteroatoms. The molecule has 0 spiro atoms. The van der Waals surface area contributed by atoms with Crippen molar-refractivity contribution in [1.29, 1.82) is 0 Å². The Morgan fingerprint density at radius 3 is 2.31 bits per heavy atom. The Kier molecular flexibility index (Phi) is 5.69. The summed E-state index contributed by atoms with van der Waals surface area (Å²) in [4.78, 5) is 37.9. The van der Waals surface area contributed by atoms with Gasteiger partial charge in [-0.05, 0) is 23.8 Å². The zero-order valence-electron chi connectivity index (χ0n) is 14.8. The lowest BCUT2D eigenvalue weighted by Crippen LogP contribution is -2.24. The van der Waals surface area contributed by atoms with Gasteiger partial charge in [-0.3, -0.25) is 4.79 Å². The van der Waals surface area contributed by atoms with E-state index in [2.05, 4.69) is 20.9 Å². The average molecular weight is 459 g/mol. The van der Waals surface area contributed by atoms with E-state index in [1.807, 2.05) is 30.3 Å². The maximum Gasteiger partial charge on any atom is 0.342 e. The summed E-state index contributed by atoms with van der Waals surface area (Å²) in [6.07, 6.45) is 0. The molecule has 148 valence electrons. The fourth-order valence-electron chi connectivity index (χ4n) is 2.87. The van der Waals surface area contributed by atoms with Crippen molar-refractivity contribution in [3.05, 3.63) is 80.0 Å². The fraction of sp³-hybridized carbons (Fsp3) is 0.0500. The van der Waals surface area contributed by atoms with Crippen molar-refractivity contribution in [1.82, 2.24) is 4.98 Å². The normalized spacial score (nSPS) is 10.5. The average Bonchev–Trinajstić information content (AvgIpc) is 2.66. The number of hydrogen-bond donors (Lipinski definition) is 4. The molecule has 3 rings (SSSR count). The van der Waals surface area contributed by atoms with Crippen molar-refractivity contribution >= 4 is 33.7 Å². The van der Waals surface area contributed by atoms with E-state index in [1.54, 1.807) is 12.1 Å². The Morgan fingerprint density at radius 1 is 1.03 bits per heavy atom. The number of carboxylic acid groups (broad SMARTS) is 2. The van der Waals surface area contributed by atoms with Gasteiger partial charge < -0.3 is 25.7 Å². The zero-order valence-corrected chi connectivity index (χ0v) is 16.4. The summed E-state index contributed by atoms with van der Waals surface area (Å²) in [6.45, 7) is 0.147. The lowest BCUT2D eigenvalue weighted by molar-refractivity contribution is 0.0695. The number of H-pyrrole nitrogens is 1. The highest BCUT2D eigenvalue weighted by atomic mass is 79.9. The standard InChI is InChI=1S/C20H15BrN2O6/c21-11-6-7-12(13(8-11)29-9-10-4-2-1-3-5-10)14-15(19(25)26)17(22)23-18(24)16(14)20(27)28/h1-8H,9H2,(H,25,26)(H,27,28)(H3,22,23,24). The van der Waals surface area contributed by atoms with Crippen LogP contribution in [0.5, 0.6) is 5.75 Å². The second-order valence-electron chi connectivity index (χ2n) is 6.02. The molecule has 5 N–H and O–H groups in total. The second kappa shape index (κ2) is 8.19. The van der Waals surface area contributed by atoms with E-state index in [4.69, 9.17) is 10.5 Å². The number of nitrogens with one attached hydrogen (secondary N) is 1. The third-order valence-corrected chi connectivity index (χ3v) is 4.62. The van der Waals surface area contributed by atoms with Gasteiger partial charge >= 0.3 is 11.9 Å². The largest absolute Gasteiger partial charge is 0.488 e. The number of nitrogens with two attached hydrogens (primary N) is 1. The minimum atomic E-state index is -1.58. The molecule has 1 aromatic heterocycles. The molecule has 29 heavy (non-hydrogen) atoms. The van der Waals surface area contributed by atoms with Crippen LogP contribution in [0.1, 0.15) is 26.3 Å². The minimum absolute atomic E-state index is 0.122. The summed E-state index contributed by atoms with van der Waals surface area (Å²) in [5.74, 6) is -3.31. The van der Waals surface area contributed by atoms with Gasteiger partial charge in [-0.25, -0.2) is 9.59 Å². The van der Waals surface area contributed by atoms with Crippen LogP contribution < -0.4 is 16.0 Å². The molecule has 2 aromatic carbocycles. The molecule has 0 amide bonds. The summed E-state index contributed by atoms with van der Waals surface area (Å²) in [5.41, 5.74) is 4.09. The third-order valence-electron chi connectivity index (χ3n) is 4.12. The second-order valence-corrected chi connectivity index (χ2v) is 6.93. The van der Waals surface area contributed by atoms with Gasteiger partial charge in [0.15, 0.2) is 0 Å². The highest BCUT2D eigenvalue weighted by Gasteiger charge is 2.28. The number of halogens is 1. The quantitative estimate of drug-likeness (QED) is 0.443.